The molecule has 86 valence electrons. The molecule has 0 bridgehead atoms. The third-order valence-corrected chi connectivity index (χ3v) is 4.30. The second-order valence-corrected chi connectivity index (χ2v) is 5.24. The summed E-state index contributed by atoms with van der Waals surface area (Å²) >= 11 is 0. The van der Waals surface area contributed by atoms with Gasteiger partial charge in [0.2, 0.25) is 0 Å². The van der Waals surface area contributed by atoms with Gasteiger partial charge in [-0.25, -0.2) is 0 Å². The Labute approximate surface area is 91.2 Å². The van der Waals surface area contributed by atoms with Gasteiger partial charge in [0, 0.05) is 0 Å². The van der Waals surface area contributed by atoms with Crippen LogP contribution in [-0.4, -0.2) is 17.3 Å². The number of hydrogen-bond donors (Lipinski definition) is 1. The first kappa shape index (κ1) is 11.1. The molecule has 0 aliphatic heterocycles. The summed E-state index contributed by atoms with van der Waals surface area (Å²) in [6.45, 7) is 0. The quantitative estimate of drug-likeness (QED) is 0.714. The van der Waals surface area contributed by atoms with Gasteiger partial charge in [-0.15, -0.1) is 0 Å². The van der Waals surface area contributed by atoms with Gasteiger partial charge in [-0.2, -0.15) is 4.91 Å². The normalized spacial score (nSPS) is 42.5. The number of rotatable bonds is 2. The highest BCUT2D eigenvalue weighted by molar-refractivity contribution is 4.83. The van der Waals surface area contributed by atoms with Crippen molar-refractivity contribution in [3.63, 3.8) is 0 Å². The smallest absolute Gasteiger partial charge is 0.0920 e. The van der Waals surface area contributed by atoms with Crippen molar-refractivity contribution in [2.75, 3.05) is 0 Å². The lowest BCUT2D eigenvalue weighted by molar-refractivity contribution is 0.0807. The molecule has 0 radical (unpaired) electrons. The molecule has 2 aliphatic carbocycles. The average Bonchev–Trinajstić information content (AvgIpc) is 2.30. The van der Waals surface area contributed by atoms with E-state index in [2.05, 4.69) is 5.18 Å². The maximum atomic E-state index is 10.4. The molecule has 3 nitrogen and oxygen atoms in total. The monoisotopic (exact) mass is 211 g/mol. The minimum Gasteiger partial charge on any atom is -0.393 e. The molecule has 0 heterocycles. The highest BCUT2D eigenvalue weighted by Crippen LogP contribution is 2.38. The Morgan fingerprint density at radius 3 is 1.73 bits per heavy atom. The molecule has 2 fully saturated rings. The van der Waals surface area contributed by atoms with E-state index in [0.717, 1.165) is 37.5 Å². The number of hydrogen-bond acceptors (Lipinski definition) is 3. The van der Waals surface area contributed by atoms with Crippen LogP contribution in [-0.2, 0) is 0 Å². The lowest BCUT2D eigenvalue weighted by Crippen LogP contribution is -2.28. The maximum Gasteiger partial charge on any atom is 0.0920 e. The van der Waals surface area contributed by atoms with Gasteiger partial charge in [0.05, 0.1) is 12.1 Å². The molecule has 0 atom stereocenters. The minimum atomic E-state index is -0.0470. The van der Waals surface area contributed by atoms with E-state index >= 15 is 0 Å². The van der Waals surface area contributed by atoms with Crippen molar-refractivity contribution in [1.29, 1.82) is 0 Å². The Morgan fingerprint density at radius 2 is 1.27 bits per heavy atom. The summed E-state index contributed by atoms with van der Waals surface area (Å²) in [5, 5.41) is 12.6. The second kappa shape index (κ2) is 5.06. The Hall–Kier alpha value is -0.440. The van der Waals surface area contributed by atoms with Crippen LogP contribution in [0.3, 0.4) is 0 Å². The molecule has 2 aliphatic rings. The lowest BCUT2D eigenvalue weighted by atomic mass is 9.72. The van der Waals surface area contributed by atoms with Crippen LogP contribution in [0.5, 0.6) is 0 Å². The van der Waals surface area contributed by atoms with E-state index in [1.54, 1.807) is 0 Å². The van der Waals surface area contributed by atoms with E-state index in [-0.39, 0.29) is 12.1 Å². The van der Waals surface area contributed by atoms with E-state index in [1.807, 2.05) is 0 Å². The molecule has 0 aromatic carbocycles. The van der Waals surface area contributed by atoms with E-state index in [4.69, 9.17) is 0 Å². The van der Waals surface area contributed by atoms with Gasteiger partial charge >= 0.3 is 0 Å². The van der Waals surface area contributed by atoms with Crippen LogP contribution in [0.2, 0.25) is 0 Å². The zero-order valence-electron chi connectivity index (χ0n) is 9.27. The number of nitroso groups, excluding NO2 is 1. The molecule has 0 aromatic rings. The minimum absolute atomic E-state index is 0.0470. The number of aliphatic hydroxyl groups excluding tert-OH is 1. The topological polar surface area (TPSA) is 49.7 Å². The van der Waals surface area contributed by atoms with Crippen LogP contribution in [0.4, 0.5) is 0 Å². The van der Waals surface area contributed by atoms with Gasteiger partial charge < -0.3 is 5.11 Å². The number of aliphatic hydroxyl groups is 1. The van der Waals surface area contributed by atoms with Gasteiger partial charge in [-0.05, 0) is 63.2 Å². The highest BCUT2D eigenvalue weighted by atomic mass is 16.3. The van der Waals surface area contributed by atoms with Crippen molar-refractivity contribution in [2.45, 2.75) is 63.5 Å². The van der Waals surface area contributed by atoms with Crippen LogP contribution in [0.1, 0.15) is 51.4 Å². The van der Waals surface area contributed by atoms with Crippen molar-refractivity contribution >= 4 is 0 Å². The second-order valence-electron chi connectivity index (χ2n) is 5.24. The molecule has 2 saturated carbocycles. The molecule has 0 spiro atoms. The Bertz CT molecular complexity index is 204. The highest BCUT2D eigenvalue weighted by Gasteiger charge is 2.30. The Morgan fingerprint density at radius 1 is 0.800 bits per heavy atom. The molecule has 0 aromatic heterocycles. The molecule has 0 unspecified atom stereocenters. The van der Waals surface area contributed by atoms with Gasteiger partial charge in [-0.1, -0.05) is 5.18 Å². The molecule has 1 N–H and O–H groups in total. The fraction of sp³-hybridized carbons (Fsp3) is 1.00. The summed E-state index contributed by atoms with van der Waals surface area (Å²) in [5.41, 5.74) is 0. The van der Waals surface area contributed by atoms with Gasteiger partial charge in [0.25, 0.3) is 0 Å². The first-order valence-corrected chi connectivity index (χ1v) is 6.30. The standard InChI is InChI=1S/C12H21NO2/c14-12-7-3-10(4-8-12)9-1-5-11(13-15)6-2-9/h9-12,14H,1-8H2. The van der Waals surface area contributed by atoms with Crippen molar-refractivity contribution in [2.24, 2.45) is 17.0 Å². The Balaban J connectivity index is 1.78. The molecule has 0 amide bonds. The maximum absolute atomic E-state index is 10.4. The zero-order valence-corrected chi connectivity index (χ0v) is 9.27. The summed E-state index contributed by atoms with van der Waals surface area (Å²) in [6.07, 6.45) is 8.63. The zero-order chi connectivity index (χ0) is 10.7. The predicted molar refractivity (Wildman–Crippen MR) is 59.5 cm³/mol. The summed E-state index contributed by atoms with van der Waals surface area (Å²) in [5.74, 6) is 1.61. The molecular weight excluding hydrogens is 190 g/mol. The number of nitrogens with zero attached hydrogens (tertiary/aromatic N) is 1. The molecular formula is C12H21NO2. The van der Waals surface area contributed by atoms with Gasteiger partial charge in [0.15, 0.2) is 0 Å². The van der Waals surface area contributed by atoms with Gasteiger partial charge in [-0.3, -0.25) is 0 Å². The lowest BCUT2D eigenvalue weighted by Gasteiger charge is -2.35. The van der Waals surface area contributed by atoms with Crippen LogP contribution in [0, 0.1) is 16.7 Å². The van der Waals surface area contributed by atoms with Crippen molar-refractivity contribution in [1.82, 2.24) is 0 Å². The van der Waals surface area contributed by atoms with Crippen molar-refractivity contribution in [3.8, 4) is 0 Å². The molecule has 0 saturated heterocycles. The van der Waals surface area contributed by atoms with Crippen LogP contribution >= 0.6 is 0 Å². The molecule has 3 heteroatoms. The predicted octanol–water partition coefficient (Wildman–Crippen LogP) is 2.86. The third kappa shape index (κ3) is 2.77. The van der Waals surface area contributed by atoms with Crippen LogP contribution in [0.25, 0.3) is 0 Å². The van der Waals surface area contributed by atoms with Crippen LogP contribution in [0.15, 0.2) is 5.18 Å². The summed E-state index contributed by atoms with van der Waals surface area (Å²) in [4.78, 5) is 10.4. The first-order valence-electron chi connectivity index (χ1n) is 6.30. The van der Waals surface area contributed by atoms with Crippen molar-refractivity contribution in [3.05, 3.63) is 4.91 Å². The SMILES string of the molecule is O=NC1CCC(C2CCC(O)CC2)CC1. The Kier molecular flexibility index (Phi) is 3.73. The molecule has 15 heavy (non-hydrogen) atoms. The van der Waals surface area contributed by atoms with Gasteiger partial charge in [0.1, 0.15) is 0 Å². The first-order chi connectivity index (χ1) is 7.29. The van der Waals surface area contributed by atoms with Crippen LogP contribution < -0.4 is 0 Å². The van der Waals surface area contributed by atoms with E-state index in [9.17, 15) is 10.0 Å². The van der Waals surface area contributed by atoms with E-state index in [0.29, 0.717) is 0 Å². The molecule has 2 rings (SSSR count). The fourth-order valence-corrected chi connectivity index (χ4v) is 3.25. The fourth-order valence-electron chi connectivity index (χ4n) is 3.25. The third-order valence-electron chi connectivity index (χ3n) is 4.30. The average molecular weight is 211 g/mol. The van der Waals surface area contributed by atoms with E-state index < -0.39 is 0 Å². The van der Waals surface area contributed by atoms with E-state index in [1.165, 1.54) is 25.7 Å². The van der Waals surface area contributed by atoms with Crippen molar-refractivity contribution < 1.29 is 5.11 Å². The summed E-state index contributed by atoms with van der Waals surface area (Å²) in [6, 6.07) is 0.0930. The summed E-state index contributed by atoms with van der Waals surface area (Å²) in [7, 11) is 0. The largest absolute Gasteiger partial charge is 0.393 e. The summed E-state index contributed by atoms with van der Waals surface area (Å²) < 4.78 is 0.